The lowest BCUT2D eigenvalue weighted by molar-refractivity contribution is -0.143. The number of benzene rings is 1. The molecule has 0 bridgehead atoms. The van der Waals surface area contributed by atoms with Gasteiger partial charge in [-0.1, -0.05) is 5.56 Å². The van der Waals surface area contributed by atoms with Gasteiger partial charge in [0.1, 0.15) is 0 Å². The summed E-state index contributed by atoms with van der Waals surface area (Å²) >= 11 is 0. The van der Waals surface area contributed by atoms with E-state index in [4.69, 9.17) is 0 Å². The Balaban J connectivity index is 0.000000219. The van der Waals surface area contributed by atoms with E-state index in [1.54, 1.807) is 0 Å². The van der Waals surface area contributed by atoms with Crippen LogP contribution in [0.3, 0.4) is 0 Å². The fraction of sp³-hybridized carbons (Fsp3) is 0.588. The molecule has 0 radical (unpaired) electrons. The number of halogens is 6. The molecule has 1 amide bonds. The van der Waals surface area contributed by atoms with Crippen molar-refractivity contribution in [3.8, 4) is 0 Å². The Morgan fingerprint density at radius 2 is 1.70 bits per heavy atom. The highest BCUT2D eigenvalue weighted by Crippen LogP contribution is 2.36. The van der Waals surface area contributed by atoms with Crippen LogP contribution in [0.1, 0.15) is 29.5 Å². The van der Waals surface area contributed by atoms with Crippen LogP contribution in [0.15, 0.2) is 18.2 Å². The summed E-state index contributed by atoms with van der Waals surface area (Å²) in [7, 11) is 1.31. The first-order chi connectivity index (χ1) is 12.5. The van der Waals surface area contributed by atoms with Crippen molar-refractivity contribution >= 4 is 5.91 Å². The third kappa shape index (κ3) is 5.83. The Morgan fingerprint density at radius 1 is 1.11 bits per heavy atom. The standard InChI is InChI=1S/C10H8F6N.C7H12N2O/c1-17-5-6-2-7(9(11,12)13)4-8(3-6)10(14,15)16;10-7-2-1-6-5-8-3-4-9(6)7/h2-4H,5H2,1H3;6,8H,1-5H2/q-1;. The lowest BCUT2D eigenvalue weighted by atomic mass is 10.0. The zero-order valence-electron chi connectivity index (χ0n) is 14.6. The number of carbonyl (C=O) groups is 1. The van der Waals surface area contributed by atoms with Crippen molar-refractivity contribution in [1.29, 1.82) is 0 Å². The summed E-state index contributed by atoms with van der Waals surface area (Å²) in [6.45, 7) is 2.71. The van der Waals surface area contributed by atoms with Crippen LogP contribution in [-0.4, -0.2) is 43.5 Å². The second-order valence-electron chi connectivity index (χ2n) is 6.37. The molecule has 3 rings (SSSR count). The molecule has 2 saturated heterocycles. The van der Waals surface area contributed by atoms with Crippen LogP contribution >= 0.6 is 0 Å². The number of piperazine rings is 1. The second kappa shape index (κ2) is 8.47. The number of alkyl halides is 6. The van der Waals surface area contributed by atoms with Crippen LogP contribution in [0.4, 0.5) is 26.3 Å². The van der Waals surface area contributed by atoms with E-state index in [9.17, 15) is 31.1 Å². The molecule has 152 valence electrons. The number of fused-ring (bicyclic) bond motifs is 1. The topological polar surface area (TPSA) is 46.4 Å². The van der Waals surface area contributed by atoms with Gasteiger partial charge in [-0.2, -0.15) is 33.4 Å². The highest BCUT2D eigenvalue weighted by molar-refractivity contribution is 5.78. The SMILES string of the molecule is C[N-]Cc1cc(C(F)(F)F)cc(C(F)(F)F)c1.O=C1CCC2CNCCN12. The van der Waals surface area contributed by atoms with E-state index in [2.05, 4.69) is 10.6 Å². The zero-order chi connectivity index (χ0) is 20.2. The largest absolute Gasteiger partial charge is 0.661 e. The van der Waals surface area contributed by atoms with Crippen LogP contribution < -0.4 is 5.32 Å². The van der Waals surface area contributed by atoms with E-state index in [0.29, 0.717) is 24.1 Å². The third-order valence-electron chi connectivity index (χ3n) is 4.35. The molecule has 1 unspecified atom stereocenters. The molecule has 1 aromatic rings. The normalized spacial score (nSPS) is 20.2. The third-order valence-corrected chi connectivity index (χ3v) is 4.35. The van der Waals surface area contributed by atoms with E-state index >= 15 is 0 Å². The van der Waals surface area contributed by atoms with Crippen molar-refractivity contribution in [2.75, 3.05) is 26.7 Å². The van der Waals surface area contributed by atoms with Gasteiger partial charge < -0.3 is 15.5 Å². The minimum absolute atomic E-state index is 0.0964. The van der Waals surface area contributed by atoms with Crippen LogP contribution in [0.5, 0.6) is 0 Å². The summed E-state index contributed by atoms with van der Waals surface area (Å²) in [5, 5.41) is 6.80. The Hall–Kier alpha value is -1.81. The first kappa shape index (κ1) is 21.5. The molecule has 2 heterocycles. The second-order valence-corrected chi connectivity index (χ2v) is 6.37. The van der Waals surface area contributed by atoms with Crippen molar-refractivity contribution in [2.24, 2.45) is 0 Å². The van der Waals surface area contributed by atoms with Gasteiger partial charge in [0, 0.05) is 32.1 Å². The summed E-state index contributed by atoms with van der Waals surface area (Å²) in [5.74, 6) is 0.353. The van der Waals surface area contributed by atoms with Gasteiger partial charge in [0.05, 0.1) is 11.1 Å². The van der Waals surface area contributed by atoms with Gasteiger partial charge in [-0.05, 0) is 24.6 Å². The number of amides is 1. The molecule has 2 fully saturated rings. The average Bonchev–Trinajstić information content (AvgIpc) is 2.96. The number of hydrogen-bond donors (Lipinski definition) is 1. The Kier molecular flexibility index (Phi) is 6.74. The Bertz CT molecular complexity index is 627. The lowest BCUT2D eigenvalue weighted by Gasteiger charge is -2.29. The van der Waals surface area contributed by atoms with Gasteiger partial charge in [-0.15, -0.1) is 6.54 Å². The van der Waals surface area contributed by atoms with Crippen LogP contribution in [0, 0.1) is 0 Å². The number of hydrogen-bond acceptors (Lipinski definition) is 2. The van der Waals surface area contributed by atoms with Crippen molar-refractivity contribution in [2.45, 2.75) is 37.8 Å². The molecule has 2 aliphatic rings. The molecular weight excluding hydrogens is 376 g/mol. The molecule has 1 aromatic carbocycles. The maximum Gasteiger partial charge on any atom is 0.416 e. The molecule has 4 nitrogen and oxygen atoms in total. The molecule has 10 heteroatoms. The van der Waals surface area contributed by atoms with Crippen molar-refractivity contribution in [1.82, 2.24) is 10.2 Å². The van der Waals surface area contributed by atoms with Gasteiger partial charge >= 0.3 is 12.4 Å². The Morgan fingerprint density at radius 3 is 2.19 bits per heavy atom. The van der Waals surface area contributed by atoms with Gasteiger partial charge in [0.25, 0.3) is 0 Å². The predicted octanol–water partition coefficient (Wildman–Crippen LogP) is 3.81. The van der Waals surface area contributed by atoms with Crippen molar-refractivity contribution in [3.63, 3.8) is 0 Å². The monoisotopic (exact) mass is 396 g/mol. The highest BCUT2D eigenvalue weighted by atomic mass is 19.4. The van der Waals surface area contributed by atoms with E-state index in [1.807, 2.05) is 4.90 Å². The van der Waals surface area contributed by atoms with E-state index < -0.39 is 23.5 Å². The number of nitrogens with one attached hydrogen (secondary N) is 1. The Labute approximate surface area is 152 Å². The van der Waals surface area contributed by atoms with Crippen molar-refractivity contribution in [3.05, 3.63) is 40.2 Å². The van der Waals surface area contributed by atoms with Crippen LogP contribution in [0.25, 0.3) is 5.32 Å². The van der Waals surface area contributed by atoms with Gasteiger partial charge in [0.2, 0.25) is 5.91 Å². The number of carbonyl (C=O) groups excluding carboxylic acids is 1. The first-order valence-corrected chi connectivity index (χ1v) is 8.36. The summed E-state index contributed by atoms with van der Waals surface area (Å²) in [6, 6.07) is 1.95. The van der Waals surface area contributed by atoms with E-state index in [0.717, 1.165) is 32.5 Å². The van der Waals surface area contributed by atoms with Gasteiger partial charge in [0.15, 0.2) is 0 Å². The predicted molar refractivity (Wildman–Crippen MR) is 87.0 cm³/mol. The summed E-state index contributed by atoms with van der Waals surface area (Å²) in [5.41, 5.74) is -2.74. The molecule has 1 N–H and O–H groups in total. The highest BCUT2D eigenvalue weighted by Gasteiger charge is 2.36. The fourth-order valence-corrected chi connectivity index (χ4v) is 3.07. The van der Waals surface area contributed by atoms with Crippen LogP contribution in [0.2, 0.25) is 0 Å². The molecule has 0 spiro atoms. The number of rotatable bonds is 2. The van der Waals surface area contributed by atoms with Crippen LogP contribution in [-0.2, 0) is 23.7 Å². The van der Waals surface area contributed by atoms with E-state index in [1.165, 1.54) is 7.05 Å². The molecule has 0 aromatic heterocycles. The van der Waals surface area contributed by atoms with E-state index in [-0.39, 0.29) is 18.2 Å². The summed E-state index contributed by atoms with van der Waals surface area (Å²) < 4.78 is 74.3. The summed E-state index contributed by atoms with van der Waals surface area (Å²) in [6.07, 6.45) is -7.77. The smallest absolute Gasteiger partial charge is 0.416 e. The molecule has 27 heavy (non-hydrogen) atoms. The maximum atomic E-state index is 12.4. The molecule has 1 atom stereocenters. The summed E-state index contributed by atoms with van der Waals surface area (Å²) in [4.78, 5) is 13.1. The molecule has 0 aliphatic carbocycles. The zero-order valence-corrected chi connectivity index (χ0v) is 14.6. The molecule has 2 aliphatic heterocycles. The molecular formula is C17H20F6N3O-. The van der Waals surface area contributed by atoms with Gasteiger partial charge in [-0.3, -0.25) is 4.79 Å². The number of nitrogens with zero attached hydrogens (tertiary/aromatic N) is 2. The first-order valence-electron chi connectivity index (χ1n) is 8.36. The van der Waals surface area contributed by atoms with Gasteiger partial charge in [-0.25, -0.2) is 0 Å². The van der Waals surface area contributed by atoms with Crippen molar-refractivity contribution < 1.29 is 31.1 Å². The minimum atomic E-state index is -4.80. The minimum Gasteiger partial charge on any atom is -0.661 e. The average molecular weight is 396 g/mol. The fourth-order valence-electron chi connectivity index (χ4n) is 3.07. The quantitative estimate of drug-likeness (QED) is 0.773. The molecule has 0 saturated carbocycles. The maximum absolute atomic E-state index is 12.4. The lowest BCUT2D eigenvalue weighted by Crippen LogP contribution is -2.49.